The van der Waals surface area contributed by atoms with Crippen molar-refractivity contribution in [1.82, 2.24) is 0 Å². The summed E-state index contributed by atoms with van der Waals surface area (Å²) in [6.07, 6.45) is 0. The average molecular weight is 412 g/mol. The summed E-state index contributed by atoms with van der Waals surface area (Å²) in [5, 5.41) is 12.5. The maximum Gasteiger partial charge on any atom is 0.355 e. The third kappa shape index (κ3) is 4.26. The number of nitrogens with zero attached hydrogens (tertiary/aromatic N) is 1. The SMILES string of the molecule is COC(=O)C1=C(C(=O)OC)N(c2ccc(NC(=O)c3ccccc3O)cc2)COC1. The number of hydrogen-bond acceptors (Lipinski definition) is 8. The van der Waals surface area contributed by atoms with E-state index in [0.717, 1.165) is 0 Å². The molecule has 2 aromatic rings. The van der Waals surface area contributed by atoms with Gasteiger partial charge in [-0.3, -0.25) is 4.79 Å². The van der Waals surface area contributed by atoms with E-state index in [1.54, 1.807) is 36.4 Å². The molecule has 9 nitrogen and oxygen atoms in total. The van der Waals surface area contributed by atoms with E-state index in [-0.39, 0.29) is 35.9 Å². The predicted octanol–water partition coefficient (Wildman–Crippen LogP) is 2.04. The number of hydrogen-bond donors (Lipinski definition) is 2. The maximum absolute atomic E-state index is 12.3. The van der Waals surface area contributed by atoms with Crippen LogP contribution in [0.5, 0.6) is 5.75 Å². The lowest BCUT2D eigenvalue weighted by Crippen LogP contribution is -2.38. The number of para-hydroxylation sites is 1. The lowest BCUT2D eigenvalue weighted by molar-refractivity contribution is -0.140. The molecule has 9 heteroatoms. The second kappa shape index (κ2) is 9.10. The van der Waals surface area contributed by atoms with E-state index in [1.165, 1.54) is 31.3 Å². The van der Waals surface area contributed by atoms with Crippen LogP contribution in [0.2, 0.25) is 0 Å². The second-order valence-electron chi connectivity index (χ2n) is 6.23. The number of benzene rings is 2. The minimum Gasteiger partial charge on any atom is -0.507 e. The summed E-state index contributed by atoms with van der Waals surface area (Å²) >= 11 is 0. The molecular formula is C21H20N2O7. The Morgan fingerprint density at radius 3 is 2.30 bits per heavy atom. The smallest absolute Gasteiger partial charge is 0.355 e. The zero-order valence-corrected chi connectivity index (χ0v) is 16.4. The standard InChI is InChI=1S/C21H20N2O7/c1-28-20(26)16-11-30-12-23(18(16)21(27)29-2)14-9-7-13(8-10-14)22-19(25)15-5-3-4-6-17(15)24/h3-10,24H,11-12H2,1-2H3,(H,22,25). The van der Waals surface area contributed by atoms with Crippen LogP contribution in [0.4, 0.5) is 11.4 Å². The van der Waals surface area contributed by atoms with Crippen molar-refractivity contribution in [2.75, 3.05) is 37.8 Å². The van der Waals surface area contributed by atoms with Crippen LogP contribution in [-0.4, -0.2) is 50.5 Å². The fourth-order valence-corrected chi connectivity index (χ4v) is 2.94. The van der Waals surface area contributed by atoms with Crippen molar-refractivity contribution in [2.45, 2.75) is 0 Å². The molecule has 0 spiro atoms. The number of methoxy groups -OCH3 is 2. The molecule has 0 atom stereocenters. The van der Waals surface area contributed by atoms with Crippen LogP contribution in [0.3, 0.4) is 0 Å². The molecule has 1 aliphatic heterocycles. The number of nitrogens with one attached hydrogen (secondary N) is 1. The van der Waals surface area contributed by atoms with Gasteiger partial charge in [0.2, 0.25) is 0 Å². The third-order valence-electron chi connectivity index (χ3n) is 4.42. The summed E-state index contributed by atoms with van der Waals surface area (Å²) in [5.74, 6) is -1.98. The first-order valence-corrected chi connectivity index (χ1v) is 8.90. The molecule has 3 rings (SSSR count). The first-order valence-electron chi connectivity index (χ1n) is 8.90. The van der Waals surface area contributed by atoms with Crippen LogP contribution in [0.25, 0.3) is 0 Å². The van der Waals surface area contributed by atoms with Gasteiger partial charge in [-0.05, 0) is 36.4 Å². The van der Waals surface area contributed by atoms with Crippen molar-refractivity contribution >= 4 is 29.2 Å². The molecule has 0 aromatic heterocycles. The largest absolute Gasteiger partial charge is 0.507 e. The highest BCUT2D eigenvalue weighted by molar-refractivity contribution is 6.06. The molecule has 156 valence electrons. The number of ether oxygens (including phenoxy) is 3. The molecular weight excluding hydrogens is 392 g/mol. The molecule has 0 radical (unpaired) electrons. The number of phenols is 1. The Bertz CT molecular complexity index is 999. The van der Waals surface area contributed by atoms with E-state index < -0.39 is 17.8 Å². The van der Waals surface area contributed by atoms with Gasteiger partial charge in [-0.1, -0.05) is 12.1 Å². The second-order valence-corrected chi connectivity index (χ2v) is 6.23. The highest BCUT2D eigenvalue weighted by atomic mass is 16.5. The van der Waals surface area contributed by atoms with Crippen molar-refractivity contribution < 1.29 is 33.7 Å². The van der Waals surface area contributed by atoms with Crippen LogP contribution < -0.4 is 10.2 Å². The minimum absolute atomic E-state index is 0.0223. The minimum atomic E-state index is -0.698. The van der Waals surface area contributed by atoms with E-state index >= 15 is 0 Å². The zero-order valence-electron chi connectivity index (χ0n) is 16.4. The van der Waals surface area contributed by atoms with Gasteiger partial charge < -0.3 is 29.5 Å². The Morgan fingerprint density at radius 2 is 1.67 bits per heavy atom. The van der Waals surface area contributed by atoms with Crippen molar-refractivity contribution in [3.8, 4) is 5.75 Å². The molecule has 0 aliphatic carbocycles. The molecule has 2 aromatic carbocycles. The fraction of sp³-hybridized carbons (Fsp3) is 0.190. The summed E-state index contributed by atoms with van der Waals surface area (Å²) in [6.45, 7) is -0.0587. The summed E-state index contributed by atoms with van der Waals surface area (Å²) < 4.78 is 15.0. The summed E-state index contributed by atoms with van der Waals surface area (Å²) in [4.78, 5) is 38.2. The molecule has 0 unspecified atom stereocenters. The highest BCUT2D eigenvalue weighted by Gasteiger charge is 2.32. The topological polar surface area (TPSA) is 114 Å². The number of carbonyl (C=O) groups excluding carboxylic acids is 3. The molecule has 1 aliphatic rings. The van der Waals surface area contributed by atoms with Gasteiger partial charge in [0.15, 0.2) is 0 Å². The van der Waals surface area contributed by atoms with E-state index in [1.807, 2.05) is 0 Å². The van der Waals surface area contributed by atoms with Crippen molar-refractivity contribution in [3.05, 3.63) is 65.4 Å². The molecule has 0 saturated carbocycles. The van der Waals surface area contributed by atoms with Gasteiger partial charge in [0, 0.05) is 11.4 Å². The Kier molecular flexibility index (Phi) is 6.33. The summed E-state index contributed by atoms with van der Waals surface area (Å²) in [6, 6.07) is 12.7. The molecule has 2 N–H and O–H groups in total. The van der Waals surface area contributed by atoms with E-state index in [9.17, 15) is 19.5 Å². The van der Waals surface area contributed by atoms with Crippen LogP contribution >= 0.6 is 0 Å². The van der Waals surface area contributed by atoms with Crippen LogP contribution in [0.15, 0.2) is 59.8 Å². The van der Waals surface area contributed by atoms with Crippen molar-refractivity contribution in [2.24, 2.45) is 0 Å². The molecule has 0 fully saturated rings. The molecule has 30 heavy (non-hydrogen) atoms. The number of aromatic hydroxyl groups is 1. The van der Waals surface area contributed by atoms with E-state index in [0.29, 0.717) is 11.4 Å². The average Bonchev–Trinajstić information content (AvgIpc) is 2.78. The Hall–Kier alpha value is -3.85. The van der Waals surface area contributed by atoms with Gasteiger partial charge in [-0.2, -0.15) is 0 Å². The van der Waals surface area contributed by atoms with Gasteiger partial charge in [0.05, 0.1) is 32.0 Å². The highest BCUT2D eigenvalue weighted by Crippen LogP contribution is 2.28. The Balaban J connectivity index is 1.85. The van der Waals surface area contributed by atoms with Gasteiger partial charge >= 0.3 is 11.9 Å². The monoisotopic (exact) mass is 412 g/mol. The van der Waals surface area contributed by atoms with Crippen molar-refractivity contribution in [1.29, 1.82) is 0 Å². The molecule has 0 saturated heterocycles. The lowest BCUT2D eigenvalue weighted by Gasteiger charge is -2.31. The van der Waals surface area contributed by atoms with Gasteiger partial charge in [0.1, 0.15) is 18.2 Å². The van der Waals surface area contributed by atoms with E-state index in [4.69, 9.17) is 14.2 Å². The molecule has 0 bridgehead atoms. The number of rotatable bonds is 5. The lowest BCUT2D eigenvalue weighted by atomic mass is 10.1. The zero-order chi connectivity index (χ0) is 21.7. The molecule has 1 heterocycles. The fourth-order valence-electron chi connectivity index (χ4n) is 2.94. The van der Waals surface area contributed by atoms with Crippen LogP contribution in [0, 0.1) is 0 Å². The maximum atomic E-state index is 12.3. The quantitative estimate of drug-likeness (QED) is 0.717. The number of carbonyl (C=O) groups is 3. The van der Waals surface area contributed by atoms with E-state index in [2.05, 4.69) is 5.32 Å². The Morgan fingerprint density at radius 1 is 1.00 bits per heavy atom. The van der Waals surface area contributed by atoms with Crippen LogP contribution in [0.1, 0.15) is 10.4 Å². The number of anilines is 2. The van der Waals surface area contributed by atoms with Gasteiger partial charge in [0.25, 0.3) is 5.91 Å². The Labute approximate surface area is 172 Å². The van der Waals surface area contributed by atoms with Crippen LogP contribution in [-0.2, 0) is 23.8 Å². The van der Waals surface area contributed by atoms with Gasteiger partial charge in [-0.25, -0.2) is 9.59 Å². The summed E-state index contributed by atoms with van der Waals surface area (Å²) in [7, 11) is 2.43. The van der Waals surface area contributed by atoms with Crippen molar-refractivity contribution in [3.63, 3.8) is 0 Å². The first-order chi connectivity index (χ1) is 14.5. The van der Waals surface area contributed by atoms with Gasteiger partial charge in [-0.15, -0.1) is 0 Å². The number of phenolic OH excluding ortho intramolecular Hbond substituents is 1. The summed E-state index contributed by atoms with van der Waals surface area (Å²) in [5.41, 5.74) is 1.23. The normalized spacial score (nSPS) is 13.6. The predicted molar refractivity (Wildman–Crippen MR) is 107 cm³/mol. The molecule has 1 amide bonds. The number of esters is 2. The third-order valence-corrected chi connectivity index (χ3v) is 4.42. The first kappa shape index (κ1) is 20.9. The number of amides is 1.